The molecule has 5 nitrogen and oxygen atoms in total. The van der Waals surface area contributed by atoms with Crippen molar-refractivity contribution in [3.63, 3.8) is 0 Å². The van der Waals surface area contributed by atoms with Gasteiger partial charge in [-0.05, 0) is 0 Å². The van der Waals surface area contributed by atoms with Crippen LogP contribution in [0, 0.1) is 0 Å². The molecule has 0 aliphatic carbocycles. The van der Waals surface area contributed by atoms with Gasteiger partial charge in [0.25, 0.3) is 0 Å². The van der Waals surface area contributed by atoms with E-state index >= 15 is 0 Å². The van der Waals surface area contributed by atoms with E-state index in [-0.39, 0.29) is 30.3 Å². The zero-order valence-electron chi connectivity index (χ0n) is 10.5. The Balaban J connectivity index is -0.000000653. The first-order chi connectivity index (χ1) is 7.00. The molecule has 0 amide bonds. The standard InChI is InChI=1S/C10H24N4.2ClH.H2O/c1-3-11-7-9-13-5-2-6-14-10-8-12-4-1;;;/h11-14H,1-10H2;2*1H;1H2. The second-order valence-corrected chi connectivity index (χ2v) is 3.94. The number of nitrogens with one attached hydrogen (secondary N) is 2. The maximum atomic E-state index is 3.47. The van der Waals surface area contributed by atoms with E-state index in [1.807, 2.05) is 0 Å². The van der Waals surface area contributed by atoms with Crippen LogP contribution in [0.4, 0.5) is 0 Å². The van der Waals surface area contributed by atoms with Crippen molar-refractivity contribution in [3.8, 4) is 0 Å². The first-order valence-corrected chi connectivity index (χ1v) is 6.05. The van der Waals surface area contributed by atoms with Crippen molar-refractivity contribution < 1.29 is 40.9 Å². The summed E-state index contributed by atoms with van der Waals surface area (Å²) in [4.78, 5) is 0. The predicted molar refractivity (Wildman–Crippen MR) is 61.9 cm³/mol. The van der Waals surface area contributed by atoms with Crippen LogP contribution >= 0.6 is 0 Å². The lowest BCUT2D eigenvalue weighted by atomic mass is 10.3. The number of nitrogens with two attached hydrogens (primary N) is 2. The molecule has 1 saturated heterocycles. The molecule has 8 N–H and O–H groups in total. The van der Waals surface area contributed by atoms with E-state index < -0.39 is 0 Å². The van der Waals surface area contributed by atoms with Crippen LogP contribution in [0.5, 0.6) is 0 Å². The van der Waals surface area contributed by atoms with Gasteiger partial charge in [0.05, 0.1) is 26.2 Å². The molecular formula is C10H28Cl2N4O. The summed E-state index contributed by atoms with van der Waals surface area (Å²) in [7, 11) is 0. The quantitative estimate of drug-likeness (QED) is 0.357. The van der Waals surface area contributed by atoms with Gasteiger partial charge < -0.3 is 51.6 Å². The maximum absolute atomic E-state index is 3.47. The van der Waals surface area contributed by atoms with Crippen molar-refractivity contribution in [2.24, 2.45) is 0 Å². The molecule has 0 spiro atoms. The van der Waals surface area contributed by atoms with Crippen LogP contribution in [0.3, 0.4) is 0 Å². The minimum Gasteiger partial charge on any atom is -1.00 e. The summed E-state index contributed by atoms with van der Waals surface area (Å²) in [5.74, 6) is 0. The zero-order chi connectivity index (χ0) is 9.90. The van der Waals surface area contributed by atoms with Crippen molar-refractivity contribution in [2.75, 3.05) is 52.4 Å². The normalized spacial score (nSPS) is 19.8. The van der Waals surface area contributed by atoms with Crippen molar-refractivity contribution in [3.05, 3.63) is 0 Å². The maximum Gasteiger partial charge on any atom is 0.0882 e. The van der Waals surface area contributed by atoms with Gasteiger partial charge in [0.2, 0.25) is 0 Å². The Bertz CT molecular complexity index is 79.6. The van der Waals surface area contributed by atoms with Crippen molar-refractivity contribution in [1.82, 2.24) is 10.6 Å². The summed E-state index contributed by atoms with van der Waals surface area (Å²) in [6.07, 6.45) is 2.58. The molecule has 1 rings (SSSR count). The Morgan fingerprint density at radius 3 is 1.41 bits per heavy atom. The first-order valence-electron chi connectivity index (χ1n) is 6.05. The number of rotatable bonds is 0. The van der Waals surface area contributed by atoms with Crippen LogP contribution in [-0.4, -0.2) is 57.8 Å². The van der Waals surface area contributed by atoms with E-state index in [1.165, 1.54) is 52.1 Å². The summed E-state index contributed by atoms with van der Waals surface area (Å²) < 4.78 is 0. The minimum absolute atomic E-state index is 0. The lowest BCUT2D eigenvalue weighted by Crippen LogP contribution is -3.00. The molecule has 0 atom stereocenters. The second kappa shape index (κ2) is 18.7. The minimum atomic E-state index is 0. The third kappa shape index (κ3) is 16.4. The number of hydrogen-bond acceptors (Lipinski definition) is 2. The fourth-order valence-electron chi connectivity index (χ4n) is 1.69. The molecule has 0 aromatic heterocycles. The van der Waals surface area contributed by atoms with Gasteiger partial charge in [0, 0.05) is 39.0 Å². The van der Waals surface area contributed by atoms with Gasteiger partial charge in [0.15, 0.2) is 0 Å². The molecule has 1 aliphatic heterocycles. The van der Waals surface area contributed by atoms with Gasteiger partial charge in [-0.2, -0.15) is 0 Å². The highest BCUT2D eigenvalue weighted by Crippen LogP contribution is 1.69. The Morgan fingerprint density at radius 2 is 1.00 bits per heavy atom. The Labute approximate surface area is 117 Å². The van der Waals surface area contributed by atoms with Crippen LogP contribution in [0.15, 0.2) is 0 Å². The van der Waals surface area contributed by atoms with Gasteiger partial charge in [-0.3, -0.25) is 0 Å². The van der Waals surface area contributed by atoms with Gasteiger partial charge >= 0.3 is 0 Å². The molecule has 0 saturated carbocycles. The molecule has 0 radical (unpaired) electrons. The first kappa shape index (κ1) is 22.6. The number of halogens is 2. The van der Waals surface area contributed by atoms with Gasteiger partial charge in [-0.15, -0.1) is 0 Å². The average Bonchev–Trinajstić information content (AvgIpc) is 2.22. The zero-order valence-corrected chi connectivity index (χ0v) is 12.0. The predicted octanol–water partition coefficient (Wildman–Crippen LogP) is -9.73. The molecule has 1 fully saturated rings. The van der Waals surface area contributed by atoms with E-state index in [2.05, 4.69) is 21.3 Å². The summed E-state index contributed by atoms with van der Waals surface area (Å²) in [6, 6.07) is 0. The third-order valence-corrected chi connectivity index (χ3v) is 2.57. The molecule has 0 bridgehead atoms. The van der Waals surface area contributed by atoms with E-state index in [4.69, 9.17) is 0 Å². The lowest BCUT2D eigenvalue weighted by molar-refractivity contribution is -0.655. The Morgan fingerprint density at radius 1 is 0.588 bits per heavy atom. The number of hydrogen-bond donors (Lipinski definition) is 4. The molecule has 1 aliphatic rings. The van der Waals surface area contributed by atoms with Crippen molar-refractivity contribution >= 4 is 0 Å². The van der Waals surface area contributed by atoms with Crippen LogP contribution in [0.2, 0.25) is 0 Å². The van der Waals surface area contributed by atoms with Gasteiger partial charge in [-0.25, -0.2) is 0 Å². The topological polar surface area (TPSA) is 88.8 Å². The molecule has 1 heterocycles. The molecule has 7 heteroatoms. The third-order valence-electron chi connectivity index (χ3n) is 2.57. The molecule has 108 valence electrons. The second-order valence-electron chi connectivity index (χ2n) is 3.94. The van der Waals surface area contributed by atoms with Crippen LogP contribution in [0.1, 0.15) is 12.8 Å². The summed E-state index contributed by atoms with van der Waals surface area (Å²) in [5, 5.41) is 11.8. The van der Waals surface area contributed by atoms with Crippen LogP contribution in [-0.2, 0) is 0 Å². The Kier molecular flexibility index (Phi) is 24.9. The van der Waals surface area contributed by atoms with E-state index in [0.717, 1.165) is 13.1 Å². The van der Waals surface area contributed by atoms with Crippen LogP contribution < -0.4 is 46.1 Å². The van der Waals surface area contributed by atoms with E-state index in [9.17, 15) is 0 Å². The molecule has 0 unspecified atom stereocenters. The highest BCUT2D eigenvalue weighted by Gasteiger charge is 1.96. The molecule has 0 aromatic rings. The van der Waals surface area contributed by atoms with E-state index in [1.54, 1.807) is 0 Å². The highest BCUT2D eigenvalue weighted by molar-refractivity contribution is 4.47. The fraction of sp³-hybridized carbons (Fsp3) is 1.00. The van der Waals surface area contributed by atoms with Gasteiger partial charge in [0.1, 0.15) is 0 Å². The highest BCUT2D eigenvalue weighted by atomic mass is 35.5. The lowest BCUT2D eigenvalue weighted by Gasteiger charge is -2.07. The SMILES string of the molecule is C1CNCC[NH2+]CCCNCC[NH2+]C1.O.[Cl-].[Cl-]. The van der Waals surface area contributed by atoms with E-state index in [0.29, 0.717) is 0 Å². The average molecular weight is 291 g/mol. The van der Waals surface area contributed by atoms with Crippen molar-refractivity contribution in [1.29, 1.82) is 0 Å². The smallest absolute Gasteiger partial charge is 0.0882 e. The fourth-order valence-corrected chi connectivity index (χ4v) is 1.69. The van der Waals surface area contributed by atoms with Crippen molar-refractivity contribution in [2.45, 2.75) is 12.8 Å². The monoisotopic (exact) mass is 290 g/mol. The summed E-state index contributed by atoms with van der Waals surface area (Å²) in [5.41, 5.74) is 0. The molecular weight excluding hydrogens is 263 g/mol. The Hall–Kier alpha value is 0.380. The molecule has 0 aromatic carbocycles. The molecule has 17 heavy (non-hydrogen) atoms. The van der Waals surface area contributed by atoms with Crippen LogP contribution in [0.25, 0.3) is 0 Å². The van der Waals surface area contributed by atoms with Gasteiger partial charge in [-0.1, -0.05) is 0 Å². The summed E-state index contributed by atoms with van der Waals surface area (Å²) in [6.45, 7) is 9.65. The largest absolute Gasteiger partial charge is 1.00 e. The summed E-state index contributed by atoms with van der Waals surface area (Å²) >= 11 is 0. The number of quaternary nitrogens is 2.